The van der Waals surface area contributed by atoms with Gasteiger partial charge in [-0.15, -0.1) is 0 Å². The first-order chi connectivity index (χ1) is 15.7. The van der Waals surface area contributed by atoms with Crippen LogP contribution in [0.1, 0.15) is 10.4 Å². The SMILES string of the molecule is O=C(c1cccc(-c2nc(-c3ccccc3)no2)c1)N1CCN(c2ccccc2F)CC1. The molecule has 1 aromatic heterocycles. The summed E-state index contributed by atoms with van der Waals surface area (Å²) in [5.41, 5.74) is 2.69. The molecule has 0 saturated carbocycles. The number of carbonyl (C=O) groups excluding carboxylic acids is 1. The number of piperazine rings is 1. The van der Waals surface area contributed by atoms with E-state index in [2.05, 4.69) is 10.1 Å². The van der Waals surface area contributed by atoms with E-state index in [9.17, 15) is 9.18 Å². The standard InChI is InChI=1S/C25H21FN4O2/c26-21-11-4-5-12-22(21)29-13-15-30(16-14-29)25(31)20-10-6-9-19(17-20)24-27-23(28-32-24)18-7-2-1-3-8-18/h1-12,17H,13-16H2. The van der Waals surface area contributed by atoms with Crippen molar-refractivity contribution < 1.29 is 13.7 Å². The molecule has 0 atom stereocenters. The molecule has 2 heterocycles. The van der Waals surface area contributed by atoms with Crippen LogP contribution in [0.3, 0.4) is 0 Å². The van der Waals surface area contributed by atoms with E-state index in [0.29, 0.717) is 54.7 Å². The number of halogens is 1. The number of benzene rings is 3. The Morgan fingerprint density at radius 3 is 2.34 bits per heavy atom. The predicted molar refractivity (Wildman–Crippen MR) is 120 cm³/mol. The molecule has 0 N–H and O–H groups in total. The number of carbonyl (C=O) groups is 1. The molecule has 3 aromatic carbocycles. The summed E-state index contributed by atoms with van der Waals surface area (Å²) in [6, 6.07) is 23.5. The minimum Gasteiger partial charge on any atom is -0.366 e. The van der Waals surface area contributed by atoms with Gasteiger partial charge in [0.15, 0.2) is 0 Å². The minimum atomic E-state index is -0.241. The highest BCUT2D eigenvalue weighted by Crippen LogP contribution is 2.24. The van der Waals surface area contributed by atoms with Gasteiger partial charge in [0.2, 0.25) is 5.82 Å². The van der Waals surface area contributed by atoms with Crippen molar-refractivity contribution in [2.24, 2.45) is 0 Å². The zero-order valence-corrected chi connectivity index (χ0v) is 17.3. The Hall–Kier alpha value is -4.00. The van der Waals surface area contributed by atoms with Crippen LogP contribution in [0.15, 0.2) is 83.4 Å². The van der Waals surface area contributed by atoms with Crippen LogP contribution in [0.2, 0.25) is 0 Å². The summed E-state index contributed by atoms with van der Waals surface area (Å²) in [4.78, 5) is 21.3. The first-order valence-electron chi connectivity index (χ1n) is 10.5. The van der Waals surface area contributed by atoms with Crippen LogP contribution in [0, 0.1) is 5.82 Å². The summed E-state index contributed by atoms with van der Waals surface area (Å²) in [7, 11) is 0. The smallest absolute Gasteiger partial charge is 0.258 e. The average molecular weight is 428 g/mol. The molecule has 0 aliphatic carbocycles. The molecule has 5 rings (SSSR count). The Labute approximate surface area is 184 Å². The predicted octanol–water partition coefficient (Wildman–Crippen LogP) is 4.51. The molecule has 1 amide bonds. The Balaban J connectivity index is 1.29. The van der Waals surface area contributed by atoms with Crippen molar-refractivity contribution in [3.05, 3.63) is 90.2 Å². The summed E-state index contributed by atoms with van der Waals surface area (Å²) >= 11 is 0. The van der Waals surface area contributed by atoms with Gasteiger partial charge in [-0.05, 0) is 30.3 Å². The molecule has 1 aliphatic rings. The number of hydrogen-bond acceptors (Lipinski definition) is 5. The largest absolute Gasteiger partial charge is 0.366 e. The van der Waals surface area contributed by atoms with E-state index in [4.69, 9.17) is 4.52 Å². The third-order valence-corrected chi connectivity index (χ3v) is 5.57. The Kier molecular flexibility index (Phi) is 5.37. The maximum Gasteiger partial charge on any atom is 0.258 e. The van der Waals surface area contributed by atoms with Gasteiger partial charge in [0.1, 0.15) is 5.82 Å². The van der Waals surface area contributed by atoms with Crippen molar-refractivity contribution in [3.63, 3.8) is 0 Å². The van der Waals surface area contributed by atoms with Crippen LogP contribution in [0.25, 0.3) is 22.8 Å². The van der Waals surface area contributed by atoms with Crippen molar-refractivity contribution in [2.45, 2.75) is 0 Å². The highest BCUT2D eigenvalue weighted by molar-refractivity contribution is 5.95. The maximum atomic E-state index is 14.1. The molecule has 6 nitrogen and oxygen atoms in total. The van der Waals surface area contributed by atoms with Gasteiger partial charge < -0.3 is 14.3 Å². The maximum absolute atomic E-state index is 14.1. The van der Waals surface area contributed by atoms with Crippen LogP contribution in [-0.2, 0) is 0 Å². The number of rotatable bonds is 4. The summed E-state index contributed by atoms with van der Waals surface area (Å²) in [5.74, 6) is 0.557. The zero-order chi connectivity index (χ0) is 21.9. The lowest BCUT2D eigenvalue weighted by molar-refractivity contribution is 0.0746. The van der Waals surface area contributed by atoms with Gasteiger partial charge in [0.25, 0.3) is 11.8 Å². The number of aromatic nitrogens is 2. The van der Waals surface area contributed by atoms with Gasteiger partial charge in [-0.25, -0.2) is 4.39 Å². The number of amides is 1. The van der Waals surface area contributed by atoms with Crippen molar-refractivity contribution in [2.75, 3.05) is 31.1 Å². The molecule has 0 unspecified atom stereocenters. The monoisotopic (exact) mass is 428 g/mol. The van der Waals surface area contributed by atoms with Crippen molar-refractivity contribution >= 4 is 11.6 Å². The van der Waals surface area contributed by atoms with Gasteiger partial charge in [-0.2, -0.15) is 4.98 Å². The quantitative estimate of drug-likeness (QED) is 0.479. The second-order valence-corrected chi connectivity index (χ2v) is 7.60. The number of hydrogen-bond donors (Lipinski definition) is 0. The fourth-order valence-electron chi connectivity index (χ4n) is 3.87. The zero-order valence-electron chi connectivity index (χ0n) is 17.3. The first kappa shape index (κ1) is 19.9. The molecular formula is C25H21FN4O2. The third-order valence-electron chi connectivity index (χ3n) is 5.57. The molecule has 1 fully saturated rings. The average Bonchev–Trinajstić information content (AvgIpc) is 3.35. The first-order valence-corrected chi connectivity index (χ1v) is 10.5. The highest BCUT2D eigenvalue weighted by Gasteiger charge is 2.24. The summed E-state index contributed by atoms with van der Waals surface area (Å²) < 4.78 is 19.5. The molecule has 160 valence electrons. The molecular weight excluding hydrogens is 407 g/mol. The Morgan fingerprint density at radius 2 is 1.56 bits per heavy atom. The van der Waals surface area contributed by atoms with E-state index in [1.165, 1.54) is 6.07 Å². The lowest BCUT2D eigenvalue weighted by atomic mass is 10.1. The molecule has 7 heteroatoms. The third kappa shape index (κ3) is 3.97. The fourth-order valence-corrected chi connectivity index (χ4v) is 3.87. The summed E-state index contributed by atoms with van der Waals surface area (Å²) in [5, 5.41) is 4.05. The lowest BCUT2D eigenvalue weighted by Crippen LogP contribution is -2.49. The Morgan fingerprint density at radius 1 is 0.844 bits per heavy atom. The van der Waals surface area contributed by atoms with Crippen LogP contribution in [0.4, 0.5) is 10.1 Å². The number of nitrogens with zero attached hydrogens (tertiary/aromatic N) is 4. The van der Waals surface area contributed by atoms with E-state index >= 15 is 0 Å². The molecule has 1 aliphatic heterocycles. The molecule has 4 aromatic rings. The molecule has 0 spiro atoms. The fraction of sp³-hybridized carbons (Fsp3) is 0.160. The van der Waals surface area contributed by atoms with Crippen molar-refractivity contribution in [1.29, 1.82) is 0 Å². The Bertz CT molecular complexity index is 1230. The van der Waals surface area contributed by atoms with E-state index in [-0.39, 0.29) is 11.7 Å². The molecule has 0 bridgehead atoms. The summed E-state index contributed by atoms with van der Waals surface area (Å²) in [6.07, 6.45) is 0. The second-order valence-electron chi connectivity index (χ2n) is 7.60. The number of anilines is 1. The number of para-hydroxylation sites is 1. The van der Waals surface area contributed by atoms with E-state index in [0.717, 1.165) is 5.56 Å². The van der Waals surface area contributed by atoms with E-state index in [1.54, 1.807) is 29.2 Å². The van der Waals surface area contributed by atoms with Gasteiger partial charge in [-0.1, -0.05) is 53.7 Å². The van der Waals surface area contributed by atoms with Crippen LogP contribution in [0.5, 0.6) is 0 Å². The van der Waals surface area contributed by atoms with Crippen molar-refractivity contribution in [3.8, 4) is 22.8 Å². The lowest BCUT2D eigenvalue weighted by Gasteiger charge is -2.36. The van der Waals surface area contributed by atoms with Crippen LogP contribution in [-0.4, -0.2) is 47.1 Å². The van der Waals surface area contributed by atoms with E-state index in [1.807, 2.05) is 53.4 Å². The molecule has 0 radical (unpaired) electrons. The van der Waals surface area contributed by atoms with Gasteiger partial charge in [-0.3, -0.25) is 4.79 Å². The minimum absolute atomic E-state index is 0.0668. The van der Waals surface area contributed by atoms with E-state index < -0.39 is 0 Å². The highest BCUT2D eigenvalue weighted by atomic mass is 19.1. The van der Waals surface area contributed by atoms with Gasteiger partial charge in [0.05, 0.1) is 5.69 Å². The van der Waals surface area contributed by atoms with Crippen molar-refractivity contribution in [1.82, 2.24) is 15.0 Å². The van der Waals surface area contributed by atoms with Crippen LogP contribution >= 0.6 is 0 Å². The van der Waals surface area contributed by atoms with Gasteiger partial charge in [0, 0.05) is 42.9 Å². The molecule has 1 saturated heterocycles. The second kappa shape index (κ2) is 8.63. The van der Waals surface area contributed by atoms with Gasteiger partial charge >= 0.3 is 0 Å². The summed E-state index contributed by atoms with van der Waals surface area (Å²) in [6.45, 7) is 2.21. The molecule has 32 heavy (non-hydrogen) atoms. The van der Waals surface area contributed by atoms with Crippen LogP contribution < -0.4 is 4.90 Å². The topological polar surface area (TPSA) is 62.5 Å². The normalized spacial score (nSPS) is 13.9.